The fourth-order valence-corrected chi connectivity index (χ4v) is 2.29. The SMILES string of the molecule is CC(C)c1ccc(NC(=S)NCCCOCc2ccco2)cc1. The molecule has 1 aromatic carbocycles. The number of hydrogen-bond donors (Lipinski definition) is 2. The largest absolute Gasteiger partial charge is 0.467 e. The van der Waals surface area contributed by atoms with Crippen LogP contribution >= 0.6 is 12.2 Å². The lowest BCUT2D eigenvalue weighted by Crippen LogP contribution is -2.29. The molecule has 1 heterocycles. The van der Waals surface area contributed by atoms with Gasteiger partial charge in [-0.3, -0.25) is 0 Å². The third-order valence-corrected chi connectivity index (χ3v) is 3.66. The van der Waals surface area contributed by atoms with Crippen molar-refractivity contribution in [2.75, 3.05) is 18.5 Å². The number of hydrogen-bond acceptors (Lipinski definition) is 3. The van der Waals surface area contributed by atoms with Crippen LogP contribution in [-0.2, 0) is 11.3 Å². The normalized spacial score (nSPS) is 10.7. The molecule has 0 radical (unpaired) electrons. The minimum atomic E-state index is 0.512. The van der Waals surface area contributed by atoms with Crippen molar-refractivity contribution >= 4 is 23.0 Å². The number of benzene rings is 1. The van der Waals surface area contributed by atoms with Gasteiger partial charge < -0.3 is 19.8 Å². The zero-order valence-corrected chi connectivity index (χ0v) is 14.5. The summed E-state index contributed by atoms with van der Waals surface area (Å²) in [5.41, 5.74) is 2.32. The maximum absolute atomic E-state index is 5.52. The van der Waals surface area contributed by atoms with Gasteiger partial charge in [0.05, 0.1) is 6.26 Å². The van der Waals surface area contributed by atoms with Gasteiger partial charge in [-0.1, -0.05) is 26.0 Å². The van der Waals surface area contributed by atoms with E-state index in [9.17, 15) is 0 Å². The van der Waals surface area contributed by atoms with Gasteiger partial charge in [-0.2, -0.15) is 0 Å². The number of ether oxygens (including phenoxy) is 1. The van der Waals surface area contributed by atoms with Crippen LogP contribution in [0.1, 0.15) is 37.5 Å². The van der Waals surface area contributed by atoms with Crippen molar-refractivity contribution in [1.29, 1.82) is 0 Å². The Balaban J connectivity index is 1.57. The van der Waals surface area contributed by atoms with Crippen molar-refractivity contribution in [2.24, 2.45) is 0 Å². The molecule has 0 amide bonds. The minimum Gasteiger partial charge on any atom is -0.467 e. The van der Waals surface area contributed by atoms with Crippen LogP contribution in [0.25, 0.3) is 0 Å². The Labute approximate surface area is 143 Å². The molecule has 0 atom stereocenters. The summed E-state index contributed by atoms with van der Waals surface area (Å²) in [5.74, 6) is 1.38. The van der Waals surface area contributed by atoms with E-state index < -0.39 is 0 Å². The van der Waals surface area contributed by atoms with Gasteiger partial charge in [-0.15, -0.1) is 0 Å². The Bertz CT molecular complexity index is 580. The molecule has 0 saturated heterocycles. The molecular formula is C18H24N2O2S. The molecule has 0 aliphatic carbocycles. The number of thiocarbonyl (C=S) groups is 1. The summed E-state index contributed by atoms with van der Waals surface area (Å²) in [6, 6.07) is 12.1. The van der Waals surface area contributed by atoms with E-state index in [0.29, 0.717) is 24.2 Å². The van der Waals surface area contributed by atoms with Gasteiger partial charge in [0, 0.05) is 18.8 Å². The molecule has 0 saturated carbocycles. The van der Waals surface area contributed by atoms with Gasteiger partial charge in [0.25, 0.3) is 0 Å². The maximum Gasteiger partial charge on any atom is 0.170 e. The van der Waals surface area contributed by atoms with E-state index in [4.69, 9.17) is 21.4 Å². The summed E-state index contributed by atoms with van der Waals surface area (Å²) in [7, 11) is 0. The molecule has 0 aliphatic rings. The molecule has 1 aromatic heterocycles. The van der Waals surface area contributed by atoms with Crippen molar-refractivity contribution in [2.45, 2.75) is 32.8 Å². The second kappa shape index (κ2) is 9.33. The molecule has 0 fully saturated rings. The van der Waals surface area contributed by atoms with E-state index >= 15 is 0 Å². The molecule has 4 nitrogen and oxygen atoms in total. The summed E-state index contributed by atoms with van der Waals surface area (Å²) < 4.78 is 10.7. The highest BCUT2D eigenvalue weighted by Crippen LogP contribution is 2.16. The van der Waals surface area contributed by atoms with Crippen LogP contribution in [0.2, 0.25) is 0 Å². The second-order valence-electron chi connectivity index (χ2n) is 5.64. The molecular weight excluding hydrogens is 308 g/mol. The lowest BCUT2D eigenvalue weighted by molar-refractivity contribution is 0.105. The summed E-state index contributed by atoms with van der Waals surface area (Å²) in [5, 5.41) is 7.00. The standard InChI is InChI=1S/C18H24N2O2S/c1-14(2)15-6-8-16(9-7-15)20-18(23)19-10-4-11-21-13-17-5-3-12-22-17/h3,5-9,12,14H,4,10-11,13H2,1-2H3,(H2,19,20,23). The Morgan fingerprint density at radius 2 is 2.00 bits per heavy atom. The van der Waals surface area contributed by atoms with Crippen molar-refractivity contribution in [1.82, 2.24) is 5.32 Å². The zero-order valence-electron chi connectivity index (χ0n) is 13.7. The first-order valence-electron chi connectivity index (χ1n) is 7.90. The highest BCUT2D eigenvalue weighted by Gasteiger charge is 2.01. The van der Waals surface area contributed by atoms with E-state index in [1.54, 1.807) is 6.26 Å². The van der Waals surface area contributed by atoms with Gasteiger partial charge in [-0.25, -0.2) is 0 Å². The first-order chi connectivity index (χ1) is 11.1. The quantitative estimate of drug-likeness (QED) is 0.557. The average molecular weight is 332 g/mol. The van der Waals surface area contributed by atoms with Crippen molar-refractivity contribution in [3.8, 4) is 0 Å². The Morgan fingerprint density at radius 1 is 1.22 bits per heavy atom. The van der Waals surface area contributed by atoms with Crippen LogP contribution in [0, 0.1) is 0 Å². The molecule has 23 heavy (non-hydrogen) atoms. The van der Waals surface area contributed by atoms with Crippen LogP contribution in [-0.4, -0.2) is 18.3 Å². The van der Waals surface area contributed by atoms with Gasteiger partial charge in [0.1, 0.15) is 12.4 Å². The highest BCUT2D eigenvalue weighted by atomic mass is 32.1. The van der Waals surface area contributed by atoms with Gasteiger partial charge in [0.15, 0.2) is 5.11 Å². The fourth-order valence-electron chi connectivity index (χ4n) is 2.07. The van der Waals surface area contributed by atoms with E-state index in [-0.39, 0.29) is 0 Å². The Hall–Kier alpha value is -1.85. The fraction of sp³-hybridized carbons (Fsp3) is 0.389. The molecule has 0 unspecified atom stereocenters. The van der Waals surface area contributed by atoms with E-state index in [0.717, 1.165) is 24.4 Å². The number of nitrogens with one attached hydrogen (secondary N) is 2. The Kier molecular flexibility index (Phi) is 7.10. The molecule has 5 heteroatoms. The van der Waals surface area contributed by atoms with Crippen LogP contribution in [0.5, 0.6) is 0 Å². The summed E-state index contributed by atoms with van der Waals surface area (Å²) >= 11 is 5.29. The molecule has 2 N–H and O–H groups in total. The predicted molar refractivity (Wildman–Crippen MR) is 97.7 cm³/mol. The van der Waals surface area contributed by atoms with E-state index in [1.807, 2.05) is 12.1 Å². The Morgan fingerprint density at radius 3 is 2.65 bits per heavy atom. The predicted octanol–water partition coefficient (Wildman–Crippen LogP) is 4.30. The molecule has 2 rings (SSSR count). The monoisotopic (exact) mass is 332 g/mol. The smallest absolute Gasteiger partial charge is 0.170 e. The lowest BCUT2D eigenvalue weighted by atomic mass is 10.0. The van der Waals surface area contributed by atoms with Crippen molar-refractivity contribution < 1.29 is 9.15 Å². The maximum atomic E-state index is 5.52. The van der Waals surface area contributed by atoms with Crippen LogP contribution in [0.15, 0.2) is 47.1 Å². The summed E-state index contributed by atoms with van der Waals surface area (Å²) in [4.78, 5) is 0. The van der Waals surface area contributed by atoms with Gasteiger partial charge in [-0.05, 0) is 54.4 Å². The third kappa shape index (κ3) is 6.42. The third-order valence-electron chi connectivity index (χ3n) is 3.41. The molecule has 0 aliphatic heterocycles. The van der Waals surface area contributed by atoms with E-state index in [1.165, 1.54) is 5.56 Å². The first-order valence-corrected chi connectivity index (χ1v) is 8.31. The first kappa shape index (κ1) is 17.5. The molecule has 0 bridgehead atoms. The van der Waals surface area contributed by atoms with Gasteiger partial charge >= 0.3 is 0 Å². The second-order valence-corrected chi connectivity index (χ2v) is 6.05. The van der Waals surface area contributed by atoms with Crippen molar-refractivity contribution in [3.63, 3.8) is 0 Å². The van der Waals surface area contributed by atoms with Crippen LogP contribution in [0.4, 0.5) is 5.69 Å². The summed E-state index contributed by atoms with van der Waals surface area (Å²) in [6.45, 7) is 6.32. The van der Waals surface area contributed by atoms with Gasteiger partial charge in [0.2, 0.25) is 0 Å². The minimum absolute atomic E-state index is 0.512. The summed E-state index contributed by atoms with van der Waals surface area (Å²) in [6.07, 6.45) is 2.53. The number of rotatable bonds is 8. The topological polar surface area (TPSA) is 46.4 Å². The number of furan rings is 1. The zero-order chi connectivity index (χ0) is 16.5. The molecule has 2 aromatic rings. The van der Waals surface area contributed by atoms with Crippen LogP contribution in [0.3, 0.4) is 0 Å². The number of anilines is 1. The average Bonchev–Trinajstić information content (AvgIpc) is 3.04. The lowest BCUT2D eigenvalue weighted by Gasteiger charge is -2.12. The molecule has 124 valence electrons. The van der Waals surface area contributed by atoms with E-state index in [2.05, 4.69) is 48.7 Å². The molecule has 0 spiro atoms. The highest BCUT2D eigenvalue weighted by molar-refractivity contribution is 7.80. The van der Waals surface area contributed by atoms with Crippen LogP contribution < -0.4 is 10.6 Å². The van der Waals surface area contributed by atoms with Crippen molar-refractivity contribution in [3.05, 3.63) is 54.0 Å².